The minimum absolute atomic E-state index is 0.243. The first kappa shape index (κ1) is 11.4. The van der Waals surface area contributed by atoms with Gasteiger partial charge in [0.05, 0.1) is 11.7 Å². The maximum Gasteiger partial charge on any atom is 0.330 e. The minimum Gasteiger partial charge on any atom is -0.298 e. The van der Waals surface area contributed by atoms with E-state index in [1.54, 1.807) is 28.9 Å². The molecule has 7 nitrogen and oxygen atoms in total. The molecule has 3 amide bonds. The lowest BCUT2D eigenvalue weighted by Crippen LogP contribution is -2.50. The van der Waals surface area contributed by atoms with Crippen LogP contribution in [0.15, 0.2) is 24.5 Å². The standard InChI is InChI=1S/C12H10N4O3/c17-7-8-1-3-15-9(5-8)6-13-11(15)16-4-2-10(18)14-12(16)19/h1,3,5-7H,2,4H2,(H,14,18,19). The Morgan fingerprint density at radius 1 is 1.37 bits per heavy atom. The summed E-state index contributed by atoms with van der Waals surface area (Å²) in [6.45, 7) is 0.291. The van der Waals surface area contributed by atoms with Crippen LogP contribution in [0.4, 0.5) is 10.7 Å². The number of carbonyl (C=O) groups is 3. The number of anilines is 1. The molecule has 0 atom stereocenters. The molecule has 0 aliphatic carbocycles. The summed E-state index contributed by atoms with van der Waals surface area (Å²) in [6, 6.07) is 2.83. The molecule has 3 heterocycles. The second-order valence-corrected chi connectivity index (χ2v) is 4.19. The van der Waals surface area contributed by atoms with Crippen molar-refractivity contribution in [2.75, 3.05) is 11.4 Å². The molecule has 7 heteroatoms. The lowest BCUT2D eigenvalue weighted by molar-refractivity contribution is -0.120. The molecule has 1 aliphatic heterocycles. The number of imide groups is 1. The van der Waals surface area contributed by atoms with E-state index in [1.165, 1.54) is 4.90 Å². The molecular weight excluding hydrogens is 248 g/mol. The van der Waals surface area contributed by atoms with Crippen molar-refractivity contribution < 1.29 is 14.4 Å². The fraction of sp³-hybridized carbons (Fsp3) is 0.167. The van der Waals surface area contributed by atoms with Crippen molar-refractivity contribution in [2.45, 2.75) is 6.42 Å². The van der Waals surface area contributed by atoms with Gasteiger partial charge in [-0.3, -0.25) is 24.2 Å². The van der Waals surface area contributed by atoms with E-state index < -0.39 is 6.03 Å². The summed E-state index contributed by atoms with van der Waals surface area (Å²) < 4.78 is 1.70. The first-order valence-electron chi connectivity index (χ1n) is 5.72. The fourth-order valence-electron chi connectivity index (χ4n) is 2.03. The van der Waals surface area contributed by atoms with Crippen molar-refractivity contribution in [3.63, 3.8) is 0 Å². The number of hydrogen-bond acceptors (Lipinski definition) is 4. The third kappa shape index (κ3) is 1.85. The summed E-state index contributed by atoms with van der Waals surface area (Å²) in [5.74, 6) is 0.141. The van der Waals surface area contributed by atoms with Crippen molar-refractivity contribution in [2.24, 2.45) is 0 Å². The van der Waals surface area contributed by atoms with Crippen molar-refractivity contribution in [3.8, 4) is 0 Å². The SMILES string of the molecule is O=Cc1ccn2c(N3CCC(=O)NC3=O)ncc2c1. The highest BCUT2D eigenvalue weighted by Gasteiger charge is 2.26. The Morgan fingerprint density at radius 3 is 2.95 bits per heavy atom. The van der Waals surface area contributed by atoms with E-state index in [9.17, 15) is 14.4 Å². The molecule has 1 aliphatic rings. The van der Waals surface area contributed by atoms with Gasteiger partial charge in [0.1, 0.15) is 6.29 Å². The third-order valence-corrected chi connectivity index (χ3v) is 2.97. The van der Waals surface area contributed by atoms with Crippen molar-refractivity contribution in [1.82, 2.24) is 14.7 Å². The molecule has 2 aromatic heterocycles. The summed E-state index contributed by atoms with van der Waals surface area (Å²) >= 11 is 0. The van der Waals surface area contributed by atoms with Crippen molar-refractivity contribution >= 4 is 29.7 Å². The Bertz CT molecular complexity index is 691. The first-order valence-corrected chi connectivity index (χ1v) is 5.72. The van der Waals surface area contributed by atoms with Crippen LogP contribution < -0.4 is 10.2 Å². The molecule has 0 spiro atoms. The maximum absolute atomic E-state index is 11.8. The van der Waals surface area contributed by atoms with Gasteiger partial charge in [0.15, 0.2) is 0 Å². The van der Waals surface area contributed by atoms with Crippen LogP contribution in [0, 0.1) is 0 Å². The molecule has 0 radical (unpaired) electrons. The van der Waals surface area contributed by atoms with Crippen LogP contribution in [0.5, 0.6) is 0 Å². The summed E-state index contributed by atoms with van der Waals surface area (Å²) in [4.78, 5) is 39.1. The number of pyridine rings is 1. The molecule has 1 N–H and O–H groups in total. The molecule has 0 bridgehead atoms. The van der Waals surface area contributed by atoms with Crippen LogP contribution in [-0.4, -0.2) is 34.2 Å². The Labute approximate surface area is 107 Å². The van der Waals surface area contributed by atoms with Gasteiger partial charge in [0, 0.05) is 24.7 Å². The van der Waals surface area contributed by atoms with Crippen LogP contribution in [0.2, 0.25) is 0 Å². The van der Waals surface area contributed by atoms with E-state index in [-0.39, 0.29) is 12.3 Å². The Kier molecular flexibility index (Phi) is 2.52. The fourth-order valence-corrected chi connectivity index (χ4v) is 2.03. The number of aldehydes is 1. The highest BCUT2D eigenvalue weighted by Crippen LogP contribution is 2.18. The first-order chi connectivity index (χ1) is 9.19. The smallest absolute Gasteiger partial charge is 0.298 e. The van der Waals surface area contributed by atoms with Gasteiger partial charge < -0.3 is 0 Å². The van der Waals surface area contributed by atoms with Crippen molar-refractivity contribution in [3.05, 3.63) is 30.1 Å². The van der Waals surface area contributed by atoms with Gasteiger partial charge in [-0.15, -0.1) is 0 Å². The number of nitrogens with one attached hydrogen (secondary N) is 1. The predicted octanol–water partition coefficient (Wildman–Crippen LogP) is 0.593. The summed E-state index contributed by atoms with van der Waals surface area (Å²) in [5.41, 5.74) is 1.25. The second-order valence-electron chi connectivity index (χ2n) is 4.19. The van der Waals surface area contributed by atoms with E-state index >= 15 is 0 Å². The van der Waals surface area contributed by atoms with E-state index in [1.807, 2.05) is 0 Å². The van der Waals surface area contributed by atoms with Crippen LogP contribution in [0.1, 0.15) is 16.8 Å². The summed E-state index contributed by atoms with van der Waals surface area (Å²) in [5, 5.41) is 2.24. The van der Waals surface area contributed by atoms with Gasteiger partial charge in [0.2, 0.25) is 11.9 Å². The predicted molar refractivity (Wildman–Crippen MR) is 66.1 cm³/mol. The quantitative estimate of drug-likeness (QED) is 0.799. The van der Waals surface area contributed by atoms with Gasteiger partial charge in [-0.2, -0.15) is 0 Å². The largest absolute Gasteiger partial charge is 0.330 e. The zero-order valence-corrected chi connectivity index (χ0v) is 9.87. The number of amides is 3. The summed E-state index contributed by atoms with van der Waals surface area (Å²) in [7, 11) is 0. The average molecular weight is 258 g/mol. The number of aromatic nitrogens is 2. The van der Waals surface area contributed by atoms with Gasteiger partial charge >= 0.3 is 6.03 Å². The molecule has 0 saturated carbocycles. The van der Waals surface area contributed by atoms with E-state index in [0.29, 0.717) is 23.6 Å². The molecule has 0 unspecified atom stereocenters. The summed E-state index contributed by atoms with van der Waals surface area (Å²) in [6.07, 6.45) is 4.24. The molecule has 1 saturated heterocycles. The number of rotatable bonds is 2. The Morgan fingerprint density at radius 2 is 2.21 bits per heavy atom. The monoisotopic (exact) mass is 258 g/mol. The molecule has 19 heavy (non-hydrogen) atoms. The molecule has 0 aromatic carbocycles. The number of carbonyl (C=O) groups excluding carboxylic acids is 3. The topological polar surface area (TPSA) is 83.8 Å². The normalized spacial score (nSPS) is 15.7. The minimum atomic E-state index is -0.483. The zero-order chi connectivity index (χ0) is 13.4. The van der Waals surface area contributed by atoms with Gasteiger partial charge in [0.25, 0.3) is 0 Å². The number of urea groups is 1. The molecule has 2 aromatic rings. The number of nitrogens with zero attached hydrogens (tertiary/aromatic N) is 3. The van der Waals surface area contributed by atoms with E-state index in [4.69, 9.17) is 0 Å². The van der Waals surface area contributed by atoms with Crippen molar-refractivity contribution in [1.29, 1.82) is 0 Å². The third-order valence-electron chi connectivity index (χ3n) is 2.97. The Hall–Kier alpha value is -2.70. The number of hydrogen-bond donors (Lipinski definition) is 1. The zero-order valence-electron chi connectivity index (χ0n) is 9.87. The second kappa shape index (κ2) is 4.20. The lowest BCUT2D eigenvalue weighted by Gasteiger charge is -2.24. The molecule has 3 rings (SSSR count). The van der Waals surface area contributed by atoms with Crippen LogP contribution in [0.3, 0.4) is 0 Å². The van der Waals surface area contributed by atoms with Crippen LogP contribution in [-0.2, 0) is 4.79 Å². The molecule has 96 valence electrons. The van der Waals surface area contributed by atoms with E-state index in [2.05, 4.69) is 10.3 Å². The van der Waals surface area contributed by atoms with Gasteiger partial charge in [-0.25, -0.2) is 9.78 Å². The molecular formula is C12H10N4O3. The van der Waals surface area contributed by atoms with Gasteiger partial charge in [-0.1, -0.05) is 0 Å². The molecule has 1 fully saturated rings. The van der Waals surface area contributed by atoms with Crippen LogP contribution in [0.25, 0.3) is 5.52 Å². The van der Waals surface area contributed by atoms with Gasteiger partial charge in [-0.05, 0) is 12.1 Å². The highest BCUT2D eigenvalue weighted by molar-refractivity contribution is 6.05. The maximum atomic E-state index is 11.8. The van der Waals surface area contributed by atoms with Crippen LogP contribution >= 0.6 is 0 Å². The number of imidazole rings is 1. The Balaban J connectivity index is 2.03. The highest BCUT2D eigenvalue weighted by atomic mass is 16.2. The number of fused-ring (bicyclic) bond motifs is 1. The van der Waals surface area contributed by atoms with E-state index in [0.717, 1.165) is 6.29 Å². The lowest BCUT2D eigenvalue weighted by atomic mass is 10.3. The average Bonchev–Trinajstić information content (AvgIpc) is 2.81.